The Balaban J connectivity index is 3.86. The quantitative estimate of drug-likeness (QED) is 0.444. The molecule has 3 nitrogen and oxygen atoms in total. The Bertz CT molecular complexity index is 244. The van der Waals surface area contributed by atoms with Gasteiger partial charge in [0.1, 0.15) is 5.38 Å². The van der Waals surface area contributed by atoms with Crippen molar-refractivity contribution in [3.8, 4) is 0 Å². The Kier molecular flexibility index (Phi) is 5.89. The third-order valence-electron chi connectivity index (χ3n) is 1.29. The van der Waals surface area contributed by atoms with Crippen molar-refractivity contribution in [2.75, 3.05) is 7.11 Å². The average molecular weight is 265 g/mol. The van der Waals surface area contributed by atoms with Gasteiger partial charge in [-0.25, -0.2) is 0 Å². The largest absolute Gasteiger partial charge is 0.575 e. The summed E-state index contributed by atoms with van der Waals surface area (Å²) in [5.74, 6) is -1.40. The molecule has 0 aromatic carbocycles. The standard InChI is InChI=1S/C7H8ClF3O3S/c1-13-6(15)4(8)2-3-5(12)14-7(9,10)11/h4H,2-3H2,1H3. The Hall–Kier alpha value is -0.560. The van der Waals surface area contributed by atoms with Crippen molar-refractivity contribution < 1.29 is 27.4 Å². The minimum Gasteiger partial charge on any atom is -0.489 e. The molecule has 0 bridgehead atoms. The maximum atomic E-state index is 11.5. The van der Waals surface area contributed by atoms with Crippen molar-refractivity contribution in [2.24, 2.45) is 0 Å². The molecule has 1 unspecified atom stereocenters. The van der Waals surface area contributed by atoms with Gasteiger partial charge in [0.05, 0.1) is 7.11 Å². The predicted octanol–water partition coefficient (Wildman–Crippen LogP) is 2.41. The van der Waals surface area contributed by atoms with Crippen LogP contribution in [-0.2, 0) is 14.3 Å². The zero-order valence-corrected chi connectivity index (χ0v) is 9.21. The van der Waals surface area contributed by atoms with Crippen LogP contribution in [0.5, 0.6) is 0 Å². The first-order chi connectivity index (χ1) is 6.76. The van der Waals surface area contributed by atoms with E-state index in [-0.39, 0.29) is 11.5 Å². The number of carbonyl (C=O) groups is 1. The normalized spacial score (nSPS) is 13.1. The van der Waals surface area contributed by atoms with Crippen molar-refractivity contribution in [2.45, 2.75) is 24.6 Å². The molecular formula is C7H8ClF3O3S. The van der Waals surface area contributed by atoms with Crippen LogP contribution in [0, 0.1) is 0 Å². The molecule has 0 N–H and O–H groups in total. The minimum atomic E-state index is -4.96. The Morgan fingerprint density at radius 3 is 2.47 bits per heavy atom. The first-order valence-electron chi connectivity index (χ1n) is 3.76. The molecule has 0 amide bonds. The second-order valence-electron chi connectivity index (χ2n) is 2.45. The minimum absolute atomic E-state index is 0.0245. The van der Waals surface area contributed by atoms with E-state index in [1.165, 1.54) is 7.11 Å². The van der Waals surface area contributed by atoms with Gasteiger partial charge in [0.15, 0.2) is 5.05 Å². The van der Waals surface area contributed by atoms with Crippen LogP contribution in [0.3, 0.4) is 0 Å². The molecule has 0 aliphatic rings. The van der Waals surface area contributed by atoms with E-state index in [4.69, 9.17) is 11.6 Å². The lowest BCUT2D eigenvalue weighted by molar-refractivity contribution is -0.305. The highest BCUT2D eigenvalue weighted by Gasteiger charge is 2.33. The highest BCUT2D eigenvalue weighted by atomic mass is 35.5. The van der Waals surface area contributed by atoms with Crippen LogP contribution >= 0.6 is 23.8 Å². The first-order valence-corrected chi connectivity index (χ1v) is 4.61. The van der Waals surface area contributed by atoms with Crippen molar-refractivity contribution in [3.63, 3.8) is 0 Å². The summed E-state index contributed by atoms with van der Waals surface area (Å²) in [6, 6.07) is 0. The molecule has 0 rings (SSSR count). The number of thiocarbonyl (C=S) groups is 1. The Morgan fingerprint density at radius 2 is 2.07 bits per heavy atom. The van der Waals surface area contributed by atoms with Gasteiger partial charge in [0.25, 0.3) is 0 Å². The van der Waals surface area contributed by atoms with Crippen LogP contribution in [0.25, 0.3) is 0 Å². The number of rotatable bonds is 4. The Labute approximate surface area is 94.5 Å². The number of hydrogen-bond donors (Lipinski definition) is 0. The van der Waals surface area contributed by atoms with E-state index < -0.39 is 24.1 Å². The number of alkyl halides is 4. The van der Waals surface area contributed by atoms with Gasteiger partial charge in [-0.1, -0.05) is 0 Å². The van der Waals surface area contributed by atoms with Crippen LogP contribution in [-0.4, -0.2) is 29.9 Å². The van der Waals surface area contributed by atoms with Gasteiger partial charge in [-0.15, -0.1) is 24.8 Å². The summed E-state index contributed by atoms with van der Waals surface area (Å²) < 4.78 is 42.3. The fourth-order valence-electron chi connectivity index (χ4n) is 0.670. The molecule has 0 fully saturated rings. The van der Waals surface area contributed by atoms with Gasteiger partial charge in [-0.2, -0.15) is 0 Å². The summed E-state index contributed by atoms with van der Waals surface area (Å²) in [6.45, 7) is 0. The van der Waals surface area contributed by atoms with E-state index in [1.807, 2.05) is 0 Å². The van der Waals surface area contributed by atoms with Crippen molar-refractivity contribution in [1.82, 2.24) is 0 Å². The smallest absolute Gasteiger partial charge is 0.489 e. The number of halogens is 4. The second-order valence-corrected chi connectivity index (χ2v) is 3.38. The maximum absolute atomic E-state index is 11.5. The third kappa shape index (κ3) is 7.38. The molecule has 0 aliphatic heterocycles. The average Bonchev–Trinajstić information content (AvgIpc) is 2.10. The molecule has 88 valence electrons. The van der Waals surface area contributed by atoms with Crippen molar-refractivity contribution in [3.05, 3.63) is 0 Å². The first kappa shape index (κ1) is 14.4. The van der Waals surface area contributed by atoms with E-state index in [0.717, 1.165) is 0 Å². The highest BCUT2D eigenvalue weighted by Crippen LogP contribution is 2.18. The lowest BCUT2D eigenvalue weighted by atomic mass is 10.2. The van der Waals surface area contributed by atoms with Gasteiger partial charge in [0.2, 0.25) is 0 Å². The fraction of sp³-hybridized carbons (Fsp3) is 0.714. The number of hydrogen-bond acceptors (Lipinski definition) is 4. The van der Waals surface area contributed by atoms with Crippen molar-refractivity contribution >= 4 is 34.8 Å². The van der Waals surface area contributed by atoms with E-state index in [1.54, 1.807) is 0 Å². The molecular weight excluding hydrogens is 257 g/mol. The van der Waals surface area contributed by atoms with Crippen LogP contribution in [0.15, 0.2) is 0 Å². The van der Waals surface area contributed by atoms with Crippen molar-refractivity contribution in [1.29, 1.82) is 0 Å². The molecule has 0 saturated carbocycles. The van der Waals surface area contributed by atoms with Gasteiger partial charge < -0.3 is 9.47 Å². The van der Waals surface area contributed by atoms with Gasteiger partial charge in [-0.3, -0.25) is 4.79 Å². The number of ether oxygens (including phenoxy) is 2. The molecule has 0 aromatic heterocycles. The molecule has 0 aromatic rings. The molecule has 8 heteroatoms. The molecule has 0 radical (unpaired) electrons. The number of esters is 1. The van der Waals surface area contributed by atoms with E-state index in [0.29, 0.717) is 0 Å². The lowest BCUT2D eigenvalue weighted by Gasteiger charge is -2.10. The second kappa shape index (κ2) is 6.12. The van der Waals surface area contributed by atoms with E-state index >= 15 is 0 Å². The highest BCUT2D eigenvalue weighted by molar-refractivity contribution is 7.80. The molecule has 0 aliphatic carbocycles. The summed E-state index contributed by atoms with van der Waals surface area (Å²) in [4.78, 5) is 10.6. The number of carbonyl (C=O) groups excluding carboxylic acids is 1. The molecule has 0 saturated heterocycles. The topological polar surface area (TPSA) is 35.5 Å². The molecule has 15 heavy (non-hydrogen) atoms. The van der Waals surface area contributed by atoms with E-state index in [2.05, 4.69) is 21.7 Å². The summed E-state index contributed by atoms with van der Waals surface area (Å²) in [6.07, 6.45) is -5.50. The fourth-order valence-corrected chi connectivity index (χ4v) is 0.986. The summed E-state index contributed by atoms with van der Waals surface area (Å²) >= 11 is 10.2. The van der Waals surface area contributed by atoms with Crippen LogP contribution in [0.1, 0.15) is 12.8 Å². The zero-order valence-electron chi connectivity index (χ0n) is 7.64. The van der Waals surface area contributed by atoms with Gasteiger partial charge in [0, 0.05) is 6.42 Å². The van der Waals surface area contributed by atoms with Gasteiger partial charge in [-0.05, 0) is 18.6 Å². The summed E-state index contributed by atoms with van der Waals surface area (Å²) in [7, 11) is 1.28. The Morgan fingerprint density at radius 1 is 1.53 bits per heavy atom. The van der Waals surface area contributed by atoms with Crippen LogP contribution < -0.4 is 0 Å². The molecule has 0 heterocycles. The predicted molar refractivity (Wildman–Crippen MR) is 50.6 cm³/mol. The van der Waals surface area contributed by atoms with Gasteiger partial charge >= 0.3 is 12.3 Å². The monoisotopic (exact) mass is 264 g/mol. The SMILES string of the molecule is COC(=S)C(Cl)CCC(=O)OC(F)(F)F. The third-order valence-corrected chi connectivity index (χ3v) is 2.29. The zero-order chi connectivity index (χ0) is 12.1. The number of methoxy groups -OCH3 is 1. The summed E-state index contributed by atoms with van der Waals surface area (Å²) in [5.41, 5.74) is 0. The maximum Gasteiger partial charge on any atom is 0.575 e. The summed E-state index contributed by atoms with van der Waals surface area (Å²) in [5, 5.41) is -0.762. The van der Waals surface area contributed by atoms with Crippen LogP contribution in [0.2, 0.25) is 0 Å². The molecule has 0 spiro atoms. The van der Waals surface area contributed by atoms with E-state index in [9.17, 15) is 18.0 Å². The van der Waals surface area contributed by atoms with Crippen LogP contribution in [0.4, 0.5) is 13.2 Å². The lowest BCUT2D eigenvalue weighted by Crippen LogP contribution is -2.21. The molecule has 1 atom stereocenters.